The third kappa shape index (κ3) is 2.88. The predicted molar refractivity (Wildman–Crippen MR) is 71.6 cm³/mol. The molecule has 2 rings (SSSR count). The van der Waals surface area contributed by atoms with Gasteiger partial charge in [-0.3, -0.25) is 0 Å². The maximum absolute atomic E-state index is 5.60. The summed E-state index contributed by atoms with van der Waals surface area (Å²) in [5.41, 5.74) is 7.72. The van der Waals surface area contributed by atoms with Gasteiger partial charge in [-0.15, -0.1) is 11.3 Å². The minimum atomic E-state index is 0.614. The number of hydrogen-bond donors (Lipinski definition) is 1. The fraction of sp³-hybridized carbons (Fsp3) is 0.250. The van der Waals surface area contributed by atoms with Gasteiger partial charge < -0.3 is 15.4 Å². The molecule has 5 heteroatoms. The van der Waals surface area contributed by atoms with Crippen molar-refractivity contribution in [1.29, 1.82) is 0 Å². The first-order valence-electron chi connectivity index (χ1n) is 5.24. The molecule has 1 heterocycles. The van der Waals surface area contributed by atoms with Crippen molar-refractivity contribution in [3.05, 3.63) is 35.3 Å². The molecular formula is C12H15N3OS. The van der Waals surface area contributed by atoms with E-state index in [0.717, 1.165) is 23.7 Å². The highest BCUT2D eigenvalue weighted by Gasteiger charge is 2.05. The quantitative estimate of drug-likeness (QED) is 0.903. The van der Waals surface area contributed by atoms with Crippen LogP contribution in [0.5, 0.6) is 5.75 Å². The van der Waals surface area contributed by atoms with Crippen LogP contribution in [0.15, 0.2) is 29.6 Å². The van der Waals surface area contributed by atoms with Crippen molar-refractivity contribution in [2.75, 3.05) is 24.8 Å². The third-order valence-electron chi connectivity index (χ3n) is 2.48. The Kier molecular flexibility index (Phi) is 3.49. The highest BCUT2D eigenvalue weighted by atomic mass is 32.1. The first-order valence-corrected chi connectivity index (χ1v) is 6.12. The van der Waals surface area contributed by atoms with E-state index in [0.29, 0.717) is 5.13 Å². The molecule has 0 aliphatic rings. The summed E-state index contributed by atoms with van der Waals surface area (Å²) in [4.78, 5) is 6.36. The number of methoxy groups -OCH3 is 1. The van der Waals surface area contributed by atoms with E-state index in [1.807, 2.05) is 36.7 Å². The normalized spacial score (nSPS) is 10.2. The van der Waals surface area contributed by atoms with Crippen LogP contribution in [0.2, 0.25) is 0 Å². The molecule has 0 bridgehead atoms. The third-order valence-corrected chi connectivity index (χ3v) is 3.20. The number of thiazole rings is 1. The van der Waals surface area contributed by atoms with Crippen LogP contribution in [0.4, 0.5) is 10.8 Å². The van der Waals surface area contributed by atoms with E-state index < -0.39 is 0 Å². The molecule has 0 radical (unpaired) electrons. The molecule has 90 valence electrons. The summed E-state index contributed by atoms with van der Waals surface area (Å²) in [6.07, 6.45) is 0. The topological polar surface area (TPSA) is 51.4 Å². The zero-order valence-corrected chi connectivity index (χ0v) is 10.7. The number of nitrogens with two attached hydrogens (primary N) is 1. The van der Waals surface area contributed by atoms with Gasteiger partial charge in [-0.05, 0) is 24.3 Å². The van der Waals surface area contributed by atoms with Crippen molar-refractivity contribution in [3.63, 3.8) is 0 Å². The molecule has 17 heavy (non-hydrogen) atoms. The van der Waals surface area contributed by atoms with E-state index in [4.69, 9.17) is 10.5 Å². The Labute approximate surface area is 105 Å². The maximum Gasteiger partial charge on any atom is 0.180 e. The Balaban J connectivity index is 2.06. The molecule has 4 nitrogen and oxygen atoms in total. The van der Waals surface area contributed by atoms with Crippen LogP contribution in [0.25, 0.3) is 0 Å². The molecule has 0 spiro atoms. The zero-order chi connectivity index (χ0) is 12.3. The summed E-state index contributed by atoms with van der Waals surface area (Å²) >= 11 is 1.47. The number of rotatable bonds is 4. The summed E-state index contributed by atoms with van der Waals surface area (Å²) < 4.78 is 5.12. The van der Waals surface area contributed by atoms with Crippen molar-refractivity contribution in [2.45, 2.75) is 6.54 Å². The van der Waals surface area contributed by atoms with Crippen molar-refractivity contribution in [2.24, 2.45) is 0 Å². The van der Waals surface area contributed by atoms with Gasteiger partial charge in [0.05, 0.1) is 19.3 Å². The summed E-state index contributed by atoms with van der Waals surface area (Å²) in [5, 5.41) is 2.60. The minimum Gasteiger partial charge on any atom is -0.497 e. The molecule has 0 fully saturated rings. The second kappa shape index (κ2) is 5.05. The Hall–Kier alpha value is -1.75. The van der Waals surface area contributed by atoms with Crippen LogP contribution < -0.4 is 15.4 Å². The van der Waals surface area contributed by atoms with Gasteiger partial charge in [-0.1, -0.05) is 0 Å². The standard InChI is InChI=1S/C12H15N3OS/c1-15(7-9-8-17-12(13)14-9)10-3-5-11(16-2)6-4-10/h3-6,8H,7H2,1-2H3,(H2,13,14). The molecule has 0 saturated carbocycles. The van der Waals surface area contributed by atoms with E-state index >= 15 is 0 Å². The van der Waals surface area contributed by atoms with Crippen molar-refractivity contribution < 1.29 is 4.74 Å². The van der Waals surface area contributed by atoms with Gasteiger partial charge in [0.1, 0.15) is 5.75 Å². The van der Waals surface area contributed by atoms with E-state index in [1.54, 1.807) is 7.11 Å². The Morgan fingerprint density at radius 2 is 2.06 bits per heavy atom. The Morgan fingerprint density at radius 3 is 2.59 bits per heavy atom. The minimum absolute atomic E-state index is 0.614. The molecule has 0 atom stereocenters. The number of aromatic nitrogens is 1. The molecule has 0 unspecified atom stereocenters. The molecule has 0 aliphatic heterocycles. The van der Waals surface area contributed by atoms with Crippen LogP contribution in [0.1, 0.15) is 5.69 Å². The number of ether oxygens (including phenoxy) is 1. The van der Waals surface area contributed by atoms with Gasteiger partial charge in [0.25, 0.3) is 0 Å². The molecule has 1 aromatic carbocycles. The lowest BCUT2D eigenvalue weighted by molar-refractivity contribution is 0.415. The second-order valence-electron chi connectivity index (χ2n) is 3.73. The zero-order valence-electron chi connectivity index (χ0n) is 9.88. The molecular weight excluding hydrogens is 234 g/mol. The van der Waals surface area contributed by atoms with E-state index in [9.17, 15) is 0 Å². The fourth-order valence-corrected chi connectivity index (χ4v) is 2.12. The summed E-state index contributed by atoms with van der Waals surface area (Å²) in [5.74, 6) is 0.861. The fourth-order valence-electron chi connectivity index (χ4n) is 1.57. The SMILES string of the molecule is COc1ccc(N(C)Cc2csc(N)n2)cc1. The first-order chi connectivity index (χ1) is 8.19. The molecule has 2 aromatic rings. The van der Waals surface area contributed by atoms with Gasteiger partial charge >= 0.3 is 0 Å². The van der Waals surface area contributed by atoms with Gasteiger partial charge in [-0.25, -0.2) is 4.98 Å². The van der Waals surface area contributed by atoms with E-state index in [-0.39, 0.29) is 0 Å². The van der Waals surface area contributed by atoms with Gasteiger partial charge in [0, 0.05) is 18.1 Å². The highest BCUT2D eigenvalue weighted by Crippen LogP contribution is 2.20. The van der Waals surface area contributed by atoms with Crippen LogP contribution in [0, 0.1) is 0 Å². The molecule has 2 N–H and O–H groups in total. The first kappa shape index (κ1) is 11.7. The lowest BCUT2D eigenvalue weighted by atomic mass is 10.2. The number of nitrogens with zero attached hydrogens (tertiary/aromatic N) is 2. The smallest absolute Gasteiger partial charge is 0.180 e. The van der Waals surface area contributed by atoms with Crippen LogP contribution in [-0.4, -0.2) is 19.1 Å². The monoisotopic (exact) mass is 249 g/mol. The van der Waals surface area contributed by atoms with Gasteiger partial charge in [-0.2, -0.15) is 0 Å². The summed E-state index contributed by atoms with van der Waals surface area (Å²) in [7, 11) is 3.69. The van der Waals surface area contributed by atoms with E-state index in [2.05, 4.69) is 9.88 Å². The maximum atomic E-state index is 5.60. The Morgan fingerprint density at radius 1 is 1.35 bits per heavy atom. The van der Waals surface area contributed by atoms with Crippen LogP contribution in [0.3, 0.4) is 0 Å². The second-order valence-corrected chi connectivity index (χ2v) is 4.62. The average molecular weight is 249 g/mol. The van der Waals surface area contributed by atoms with Gasteiger partial charge in [0.2, 0.25) is 0 Å². The average Bonchev–Trinajstić information content (AvgIpc) is 2.75. The lowest BCUT2D eigenvalue weighted by Crippen LogP contribution is -2.16. The largest absolute Gasteiger partial charge is 0.497 e. The van der Waals surface area contributed by atoms with E-state index in [1.165, 1.54) is 11.3 Å². The summed E-state index contributed by atoms with van der Waals surface area (Å²) in [6.45, 7) is 0.750. The number of nitrogen functional groups attached to an aromatic ring is 1. The highest BCUT2D eigenvalue weighted by molar-refractivity contribution is 7.13. The number of anilines is 2. The molecule has 0 amide bonds. The van der Waals surface area contributed by atoms with Gasteiger partial charge in [0.15, 0.2) is 5.13 Å². The van der Waals surface area contributed by atoms with Crippen molar-refractivity contribution >= 4 is 22.2 Å². The van der Waals surface area contributed by atoms with Crippen LogP contribution in [-0.2, 0) is 6.54 Å². The molecule has 0 aliphatic carbocycles. The molecule has 0 saturated heterocycles. The Bertz CT molecular complexity index is 481. The number of hydrogen-bond acceptors (Lipinski definition) is 5. The summed E-state index contributed by atoms with van der Waals surface area (Å²) in [6, 6.07) is 7.94. The van der Waals surface area contributed by atoms with Crippen molar-refractivity contribution in [3.8, 4) is 5.75 Å². The lowest BCUT2D eigenvalue weighted by Gasteiger charge is -2.18. The van der Waals surface area contributed by atoms with Crippen molar-refractivity contribution in [1.82, 2.24) is 4.98 Å². The van der Waals surface area contributed by atoms with Crippen LogP contribution >= 0.6 is 11.3 Å². The number of benzene rings is 1. The molecule has 1 aromatic heterocycles. The predicted octanol–water partition coefficient (Wildman–Crippen LogP) is 2.37.